The Morgan fingerprint density at radius 1 is 0.500 bits per heavy atom. The summed E-state index contributed by atoms with van der Waals surface area (Å²) in [4.78, 5) is 0. The molecular weight excluding hydrogens is 488 g/mol. The molecule has 8 rings (SSSR count). The number of furan rings is 1. The predicted molar refractivity (Wildman–Crippen MR) is 166 cm³/mol. The summed E-state index contributed by atoms with van der Waals surface area (Å²) in [5.41, 5.74) is 9.85. The van der Waals surface area contributed by atoms with Gasteiger partial charge in [-0.2, -0.15) is 5.10 Å². The first-order valence-corrected chi connectivity index (χ1v) is 13.7. The average molecular weight is 515 g/mol. The van der Waals surface area contributed by atoms with Crippen LogP contribution in [0.5, 0.6) is 0 Å². The van der Waals surface area contributed by atoms with Crippen molar-refractivity contribution in [3.63, 3.8) is 0 Å². The van der Waals surface area contributed by atoms with E-state index in [1.807, 2.05) is 18.2 Å². The minimum atomic E-state index is 0.909. The molecule has 0 aliphatic heterocycles. The Morgan fingerprint density at radius 3 is 1.73 bits per heavy atom. The highest BCUT2D eigenvalue weighted by Crippen LogP contribution is 2.46. The maximum absolute atomic E-state index is 6.30. The van der Waals surface area contributed by atoms with Crippen LogP contribution in [0.3, 0.4) is 0 Å². The molecule has 0 amide bonds. The van der Waals surface area contributed by atoms with Gasteiger partial charge in [-0.1, -0.05) is 91.0 Å². The fraction of sp³-hybridized carbons (Fsp3) is 0.0541. The third-order valence-electron chi connectivity index (χ3n) is 8.14. The van der Waals surface area contributed by atoms with E-state index in [0.717, 1.165) is 44.6 Å². The molecule has 8 aromatic rings. The standard InChI is InChI=1S/C37H26N2O/c1-23-35(24(2)39(38-23)26-12-4-3-5-13-26)37-31-17-8-6-15-29(31)36(30-16-7-9-18-32(30)37)25-20-21-28-27-14-10-11-19-33(27)40-34(28)22-25/h3-22H,1-2H3. The van der Waals surface area contributed by atoms with Crippen LogP contribution in [0.2, 0.25) is 0 Å². The minimum absolute atomic E-state index is 0.909. The van der Waals surface area contributed by atoms with Crippen molar-refractivity contribution < 1.29 is 4.42 Å². The lowest BCUT2D eigenvalue weighted by Crippen LogP contribution is -1.98. The van der Waals surface area contributed by atoms with E-state index in [9.17, 15) is 0 Å². The van der Waals surface area contributed by atoms with Crippen LogP contribution in [0.4, 0.5) is 0 Å². The van der Waals surface area contributed by atoms with Crippen LogP contribution >= 0.6 is 0 Å². The second-order valence-electron chi connectivity index (χ2n) is 10.4. The highest BCUT2D eigenvalue weighted by atomic mass is 16.3. The summed E-state index contributed by atoms with van der Waals surface area (Å²) in [5.74, 6) is 0. The van der Waals surface area contributed by atoms with Crippen LogP contribution in [0.25, 0.3) is 71.4 Å². The van der Waals surface area contributed by atoms with Gasteiger partial charge in [0, 0.05) is 27.6 Å². The Balaban J connectivity index is 1.45. The number of fused-ring (bicyclic) bond motifs is 5. The SMILES string of the molecule is Cc1nn(-c2ccccc2)c(C)c1-c1c2ccccc2c(-c2ccc3c(c2)oc2ccccc23)c2ccccc12. The molecule has 0 aliphatic rings. The Kier molecular flexibility index (Phi) is 4.95. The summed E-state index contributed by atoms with van der Waals surface area (Å²) in [7, 11) is 0. The van der Waals surface area contributed by atoms with Crippen LogP contribution in [0.1, 0.15) is 11.4 Å². The first-order chi connectivity index (χ1) is 19.7. The third-order valence-corrected chi connectivity index (χ3v) is 8.14. The molecule has 0 atom stereocenters. The monoisotopic (exact) mass is 514 g/mol. The van der Waals surface area contributed by atoms with Gasteiger partial charge in [0.05, 0.1) is 11.4 Å². The van der Waals surface area contributed by atoms with Gasteiger partial charge in [0.25, 0.3) is 0 Å². The van der Waals surface area contributed by atoms with Crippen molar-refractivity contribution in [2.75, 3.05) is 0 Å². The summed E-state index contributed by atoms with van der Waals surface area (Å²) in [6, 6.07) is 42.8. The van der Waals surface area contributed by atoms with Gasteiger partial charge in [-0.3, -0.25) is 0 Å². The van der Waals surface area contributed by atoms with Crippen molar-refractivity contribution in [1.82, 2.24) is 9.78 Å². The first-order valence-electron chi connectivity index (χ1n) is 13.7. The molecule has 0 N–H and O–H groups in total. The van der Waals surface area contributed by atoms with E-state index in [1.54, 1.807) is 0 Å². The van der Waals surface area contributed by atoms with Crippen LogP contribution in [0, 0.1) is 13.8 Å². The maximum atomic E-state index is 6.30. The van der Waals surface area contributed by atoms with Crippen LogP contribution in [-0.4, -0.2) is 9.78 Å². The highest BCUT2D eigenvalue weighted by molar-refractivity contribution is 6.22. The number of para-hydroxylation sites is 2. The molecule has 40 heavy (non-hydrogen) atoms. The van der Waals surface area contributed by atoms with Gasteiger partial charge in [-0.25, -0.2) is 4.68 Å². The fourth-order valence-corrected chi connectivity index (χ4v) is 6.42. The lowest BCUT2D eigenvalue weighted by Gasteiger charge is -2.18. The topological polar surface area (TPSA) is 31.0 Å². The molecule has 0 spiro atoms. The fourth-order valence-electron chi connectivity index (χ4n) is 6.42. The van der Waals surface area contributed by atoms with Crippen molar-refractivity contribution in [2.24, 2.45) is 0 Å². The van der Waals surface area contributed by atoms with E-state index < -0.39 is 0 Å². The van der Waals surface area contributed by atoms with Gasteiger partial charge in [0.1, 0.15) is 11.2 Å². The van der Waals surface area contributed by atoms with Gasteiger partial charge in [-0.05, 0) is 76.9 Å². The van der Waals surface area contributed by atoms with E-state index in [4.69, 9.17) is 9.52 Å². The number of benzene rings is 6. The molecule has 3 heteroatoms. The van der Waals surface area contributed by atoms with Crippen molar-refractivity contribution in [3.05, 3.63) is 133 Å². The molecule has 190 valence electrons. The zero-order valence-corrected chi connectivity index (χ0v) is 22.3. The molecule has 0 fully saturated rings. The summed E-state index contributed by atoms with van der Waals surface area (Å²) in [5, 5.41) is 12.2. The maximum Gasteiger partial charge on any atom is 0.136 e. The van der Waals surface area contributed by atoms with Gasteiger partial charge >= 0.3 is 0 Å². The molecule has 6 aromatic carbocycles. The Bertz CT molecular complexity index is 2180. The number of hydrogen-bond donors (Lipinski definition) is 0. The first kappa shape index (κ1) is 22.8. The van der Waals surface area contributed by atoms with Gasteiger partial charge < -0.3 is 4.42 Å². The quantitative estimate of drug-likeness (QED) is 0.220. The lowest BCUT2D eigenvalue weighted by molar-refractivity contribution is 0.669. The van der Waals surface area contributed by atoms with Crippen molar-refractivity contribution in [1.29, 1.82) is 0 Å². The molecule has 2 aromatic heterocycles. The van der Waals surface area contributed by atoms with Crippen LogP contribution in [0.15, 0.2) is 126 Å². The van der Waals surface area contributed by atoms with E-state index in [2.05, 4.69) is 122 Å². The van der Waals surface area contributed by atoms with Gasteiger partial charge in [-0.15, -0.1) is 0 Å². The second-order valence-corrected chi connectivity index (χ2v) is 10.4. The van der Waals surface area contributed by atoms with E-state index in [-0.39, 0.29) is 0 Å². The summed E-state index contributed by atoms with van der Waals surface area (Å²) < 4.78 is 8.36. The number of aryl methyl sites for hydroxylation is 1. The summed E-state index contributed by atoms with van der Waals surface area (Å²) in [6.45, 7) is 4.30. The van der Waals surface area contributed by atoms with Crippen molar-refractivity contribution >= 4 is 43.5 Å². The number of aromatic nitrogens is 2. The Labute approximate surface area is 231 Å². The van der Waals surface area contributed by atoms with Crippen LogP contribution in [-0.2, 0) is 0 Å². The van der Waals surface area contributed by atoms with Crippen LogP contribution < -0.4 is 0 Å². The second kappa shape index (κ2) is 8.69. The molecule has 0 unspecified atom stereocenters. The zero-order chi connectivity index (χ0) is 26.8. The Morgan fingerprint density at radius 2 is 1.05 bits per heavy atom. The number of hydrogen-bond acceptors (Lipinski definition) is 2. The molecular formula is C37H26N2O. The van der Waals surface area contributed by atoms with Gasteiger partial charge in [0.15, 0.2) is 0 Å². The molecule has 0 radical (unpaired) electrons. The van der Waals surface area contributed by atoms with Crippen molar-refractivity contribution in [2.45, 2.75) is 13.8 Å². The molecule has 0 bridgehead atoms. The Hall–Kier alpha value is -5.15. The zero-order valence-electron chi connectivity index (χ0n) is 22.3. The minimum Gasteiger partial charge on any atom is -0.456 e. The molecule has 3 nitrogen and oxygen atoms in total. The smallest absolute Gasteiger partial charge is 0.136 e. The normalized spacial score (nSPS) is 11.8. The summed E-state index contributed by atoms with van der Waals surface area (Å²) in [6.07, 6.45) is 0. The highest BCUT2D eigenvalue weighted by Gasteiger charge is 2.22. The molecule has 0 saturated carbocycles. The van der Waals surface area contributed by atoms with E-state index in [1.165, 1.54) is 38.2 Å². The largest absolute Gasteiger partial charge is 0.456 e. The van der Waals surface area contributed by atoms with Crippen molar-refractivity contribution in [3.8, 4) is 27.9 Å². The third kappa shape index (κ3) is 3.28. The van der Waals surface area contributed by atoms with E-state index in [0.29, 0.717) is 0 Å². The number of nitrogens with zero attached hydrogens (tertiary/aromatic N) is 2. The molecule has 2 heterocycles. The van der Waals surface area contributed by atoms with Gasteiger partial charge in [0.2, 0.25) is 0 Å². The van der Waals surface area contributed by atoms with E-state index >= 15 is 0 Å². The number of rotatable bonds is 3. The molecule has 0 aliphatic carbocycles. The molecule has 0 saturated heterocycles. The lowest BCUT2D eigenvalue weighted by atomic mass is 9.85. The summed E-state index contributed by atoms with van der Waals surface area (Å²) >= 11 is 0. The average Bonchev–Trinajstić information content (AvgIpc) is 3.52. The predicted octanol–water partition coefficient (Wildman–Crippen LogP) is 10.0.